The van der Waals surface area contributed by atoms with Crippen LogP contribution in [-0.4, -0.2) is 31.7 Å². The molecule has 1 heterocycles. The third-order valence-electron chi connectivity index (χ3n) is 3.55. The highest BCUT2D eigenvalue weighted by molar-refractivity contribution is 5.40. The van der Waals surface area contributed by atoms with Crippen molar-refractivity contribution in [2.75, 3.05) is 20.7 Å². The van der Waals surface area contributed by atoms with Gasteiger partial charge >= 0.3 is 0 Å². The van der Waals surface area contributed by atoms with Crippen LogP contribution in [0.4, 0.5) is 0 Å². The zero-order valence-corrected chi connectivity index (χ0v) is 12.6. The average molecular weight is 283 g/mol. The average Bonchev–Trinajstić information content (AvgIpc) is 2.49. The predicted molar refractivity (Wildman–Crippen MR) is 83.9 cm³/mol. The first-order valence-corrected chi connectivity index (χ1v) is 7.32. The van der Waals surface area contributed by atoms with Crippen molar-refractivity contribution in [3.63, 3.8) is 0 Å². The number of rotatable bonds is 4. The molecule has 1 aliphatic rings. The van der Waals surface area contributed by atoms with Crippen molar-refractivity contribution < 1.29 is 9.47 Å². The Balaban J connectivity index is 1.62. The van der Waals surface area contributed by atoms with Gasteiger partial charge in [-0.1, -0.05) is 36.4 Å². The first kappa shape index (κ1) is 14.0. The van der Waals surface area contributed by atoms with E-state index in [1.165, 1.54) is 11.1 Å². The Kier molecular flexibility index (Phi) is 4.11. The Hall–Kier alpha value is -2.00. The van der Waals surface area contributed by atoms with Crippen LogP contribution < -0.4 is 9.47 Å². The van der Waals surface area contributed by atoms with Gasteiger partial charge in [-0.3, -0.25) is 0 Å². The highest BCUT2D eigenvalue weighted by Crippen LogP contribution is 2.31. The molecule has 0 saturated carbocycles. The van der Waals surface area contributed by atoms with Crippen molar-refractivity contribution in [1.29, 1.82) is 0 Å². The van der Waals surface area contributed by atoms with Crippen LogP contribution in [0.2, 0.25) is 0 Å². The second-order valence-corrected chi connectivity index (χ2v) is 5.76. The van der Waals surface area contributed by atoms with Crippen molar-refractivity contribution in [3.8, 4) is 11.5 Å². The lowest BCUT2D eigenvalue weighted by Crippen LogP contribution is -2.31. The number of ether oxygens (including phenoxy) is 2. The normalized spacial score (nSPS) is 17.0. The van der Waals surface area contributed by atoms with Gasteiger partial charge in [0.05, 0.1) is 0 Å². The number of hydrogen-bond donors (Lipinski definition) is 0. The summed E-state index contributed by atoms with van der Waals surface area (Å²) in [7, 11) is 4.16. The van der Waals surface area contributed by atoms with Crippen molar-refractivity contribution in [1.82, 2.24) is 4.90 Å². The molecule has 3 nitrogen and oxygen atoms in total. The molecular formula is C18H21NO2. The summed E-state index contributed by atoms with van der Waals surface area (Å²) in [5.74, 6) is 1.69. The minimum Gasteiger partial charge on any atom is -0.486 e. The molecule has 110 valence electrons. The van der Waals surface area contributed by atoms with E-state index in [1.807, 2.05) is 24.3 Å². The van der Waals surface area contributed by atoms with Crippen molar-refractivity contribution in [2.24, 2.45) is 0 Å². The summed E-state index contributed by atoms with van der Waals surface area (Å²) in [5, 5.41) is 0. The lowest BCUT2D eigenvalue weighted by molar-refractivity contribution is 0.0913. The Labute approximate surface area is 126 Å². The predicted octanol–water partition coefficient (Wildman–Crippen LogP) is 3.13. The maximum atomic E-state index is 6.00. The lowest BCUT2D eigenvalue weighted by Gasteiger charge is -2.26. The molecule has 1 unspecified atom stereocenters. The van der Waals surface area contributed by atoms with Crippen LogP contribution in [0.15, 0.2) is 48.5 Å². The number of benzene rings is 2. The van der Waals surface area contributed by atoms with Gasteiger partial charge in [-0.2, -0.15) is 0 Å². The van der Waals surface area contributed by atoms with Gasteiger partial charge in [0, 0.05) is 13.0 Å². The van der Waals surface area contributed by atoms with Crippen LogP contribution in [0, 0.1) is 0 Å². The third-order valence-corrected chi connectivity index (χ3v) is 3.55. The molecule has 0 aromatic heterocycles. The van der Waals surface area contributed by atoms with Crippen LogP contribution in [0.1, 0.15) is 11.1 Å². The highest BCUT2D eigenvalue weighted by Gasteiger charge is 2.20. The minimum atomic E-state index is 0.0830. The van der Waals surface area contributed by atoms with E-state index in [4.69, 9.17) is 9.47 Å². The molecule has 0 amide bonds. The molecule has 21 heavy (non-hydrogen) atoms. The van der Waals surface area contributed by atoms with Crippen molar-refractivity contribution >= 4 is 0 Å². The standard InChI is InChI=1S/C18H21NO2/c1-19(2)12-15-9-7-14(8-10-15)11-16-13-20-17-5-3-4-6-18(17)21-16/h3-10,16H,11-13H2,1-2H3. The Morgan fingerprint density at radius 2 is 1.62 bits per heavy atom. The van der Waals surface area contributed by atoms with E-state index in [2.05, 4.69) is 43.3 Å². The maximum Gasteiger partial charge on any atom is 0.161 e. The van der Waals surface area contributed by atoms with Crippen LogP contribution in [-0.2, 0) is 13.0 Å². The molecule has 0 fully saturated rings. The molecule has 2 aromatic rings. The van der Waals surface area contributed by atoms with E-state index in [0.717, 1.165) is 24.5 Å². The fourth-order valence-electron chi connectivity index (χ4n) is 2.57. The van der Waals surface area contributed by atoms with Crippen molar-refractivity contribution in [3.05, 3.63) is 59.7 Å². The molecule has 1 aliphatic heterocycles. The zero-order chi connectivity index (χ0) is 14.7. The molecule has 0 radical (unpaired) electrons. The highest BCUT2D eigenvalue weighted by atomic mass is 16.6. The molecule has 3 heteroatoms. The van der Waals surface area contributed by atoms with E-state index >= 15 is 0 Å². The van der Waals surface area contributed by atoms with Crippen LogP contribution >= 0.6 is 0 Å². The molecule has 0 aliphatic carbocycles. The second kappa shape index (κ2) is 6.19. The number of para-hydroxylation sites is 2. The summed E-state index contributed by atoms with van der Waals surface area (Å²) in [6, 6.07) is 16.6. The van der Waals surface area contributed by atoms with Gasteiger partial charge in [0.25, 0.3) is 0 Å². The largest absolute Gasteiger partial charge is 0.486 e. The molecule has 0 saturated heterocycles. The van der Waals surface area contributed by atoms with E-state index in [9.17, 15) is 0 Å². The van der Waals surface area contributed by atoms with Gasteiger partial charge in [-0.25, -0.2) is 0 Å². The van der Waals surface area contributed by atoms with Crippen LogP contribution in [0.3, 0.4) is 0 Å². The summed E-state index contributed by atoms with van der Waals surface area (Å²) in [4.78, 5) is 2.17. The maximum absolute atomic E-state index is 6.00. The fourth-order valence-corrected chi connectivity index (χ4v) is 2.57. The zero-order valence-electron chi connectivity index (χ0n) is 12.6. The molecule has 0 N–H and O–H groups in total. The van der Waals surface area contributed by atoms with Crippen molar-refractivity contribution in [2.45, 2.75) is 19.1 Å². The van der Waals surface area contributed by atoms with E-state index in [0.29, 0.717) is 6.61 Å². The number of hydrogen-bond acceptors (Lipinski definition) is 3. The summed E-state index contributed by atoms with van der Waals surface area (Å²) in [5.41, 5.74) is 2.61. The molecule has 1 atom stereocenters. The first-order chi connectivity index (χ1) is 10.2. The third kappa shape index (κ3) is 3.56. The fraction of sp³-hybridized carbons (Fsp3) is 0.333. The number of nitrogens with zero attached hydrogens (tertiary/aromatic N) is 1. The Morgan fingerprint density at radius 1 is 0.952 bits per heavy atom. The van der Waals surface area contributed by atoms with Crippen LogP contribution in [0.25, 0.3) is 0 Å². The van der Waals surface area contributed by atoms with Gasteiger partial charge in [-0.05, 0) is 37.4 Å². The van der Waals surface area contributed by atoms with E-state index < -0.39 is 0 Å². The van der Waals surface area contributed by atoms with Gasteiger partial charge in [0.2, 0.25) is 0 Å². The quantitative estimate of drug-likeness (QED) is 0.860. The second-order valence-electron chi connectivity index (χ2n) is 5.76. The topological polar surface area (TPSA) is 21.7 Å². The van der Waals surface area contributed by atoms with Gasteiger partial charge < -0.3 is 14.4 Å². The molecule has 2 aromatic carbocycles. The Morgan fingerprint density at radius 3 is 2.33 bits per heavy atom. The molecular weight excluding hydrogens is 262 g/mol. The summed E-state index contributed by atoms with van der Waals surface area (Å²) in [6.45, 7) is 1.58. The lowest BCUT2D eigenvalue weighted by atomic mass is 10.1. The van der Waals surface area contributed by atoms with Gasteiger partial charge in [0.1, 0.15) is 12.7 Å². The first-order valence-electron chi connectivity index (χ1n) is 7.32. The van der Waals surface area contributed by atoms with E-state index in [-0.39, 0.29) is 6.10 Å². The van der Waals surface area contributed by atoms with E-state index in [1.54, 1.807) is 0 Å². The molecule has 3 rings (SSSR count). The molecule has 0 spiro atoms. The van der Waals surface area contributed by atoms with Gasteiger partial charge in [-0.15, -0.1) is 0 Å². The minimum absolute atomic E-state index is 0.0830. The van der Waals surface area contributed by atoms with Crippen LogP contribution in [0.5, 0.6) is 11.5 Å². The SMILES string of the molecule is CN(C)Cc1ccc(CC2COc3ccccc3O2)cc1. The number of fused-ring (bicyclic) bond motifs is 1. The summed E-state index contributed by atoms with van der Waals surface area (Å²) < 4.78 is 11.8. The Bertz CT molecular complexity index is 592. The summed E-state index contributed by atoms with van der Waals surface area (Å²) in [6.07, 6.45) is 0.955. The summed E-state index contributed by atoms with van der Waals surface area (Å²) >= 11 is 0. The molecule has 0 bridgehead atoms. The smallest absolute Gasteiger partial charge is 0.161 e. The monoisotopic (exact) mass is 283 g/mol. The van der Waals surface area contributed by atoms with Gasteiger partial charge in [0.15, 0.2) is 11.5 Å².